The molecule has 1 unspecified atom stereocenters. The second-order valence-electron chi connectivity index (χ2n) is 8.03. The Balaban J connectivity index is 1.63. The van der Waals surface area contributed by atoms with Crippen LogP contribution in [0.5, 0.6) is 0 Å². The SMILES string of the molecule is CC(=O)N1CCC2(CC1)OC(=O)C(C)=C2C(=O)NCCN1CCCCC1C. The van der Waals surface area contributed by atoms with Crippen LogP contribution in [0.2, 0.25) is 0 Å². The van der Waals surface area contributed by atoms with Crippen LogP contribution < -0.4 is 5.32 Å². The minimum absolute atomic E-state index is 0.0107. The molecule has 3 heterocycles. The van der Waals surface area contributed by atoms with Crippen LogP contribution in [0.4, 0.5) is 0 Å². The number of piperidine rings is 2. The summed E-state index contributed by atoms with van der Waals surface area (Å²) in [4.78, 5) is 40.8. The van der Waals surface area contributed by atoms with Crippen LogP contribution in [-0.2, 0) is 19.1 Å². The molecule has 0 aliphatic carbocycles. The highest BCUT2D eigenvalue weighted by Crippen LogP contribution is 2.41. The zero-order chi connectivity index (χ0) is 19.6. The number of carbonyl (C=O) groups excluding carboxylic acids is 3. The van der Waals surface area contributed by atoms with Crippen LogP contribution in [0.1, 0.15) is 52.9 Å². The third kappa shape index (κ3) is 4.03. The Hall–Kier alpha value is -1.89. The summed E-state index contributed by atoms with van der Waals surface area (Å²) < 4.78 is 5.66. The Morgan fingerprint density at radius 2 is 1.93 bits per heavy atom. The molecule has 0 radical (unpaired) electrons. The molecule has 2 fully saturated rings. The fraction of sp³-hybridized carbons (Fsp3) is 0.750. The molecule has 1 N–H and O–H groups in total. The molecule has 3 aliphatic rings. The van der Waals surface area contributed by atoms with Crippen LogP contribution in [0.25, 0.3) is 0 Å². The maximum absolute atomic E-state index is 12.9. The lowest BCUT2D eigenvalue weighted by Gasteiger charge is -2.39. The van der Waals surface area contributed by atoms with E-state index >= 15 is 0 Å². The zero-order valence-electron chi connectivity index (χ0n) is 16.7. The van der Waals surface area contributed by atoms with Gasteiger partial charge in [-0.2, -0.15) is 0 Å². The Bertz CT molecular complexity index is 650. The molecule has 2 saturated heterocycles. The second-order valence-corrected chi connectivity index (χ2v) is 8.03. The number of nitrogens with one attached hydrogen (secondary N) is 1. The molecule has 7 nitrogen and oxygen atoms in total. The molecule has 2 amide bonds. The number of hydrogen-bond donors (Lipinski definition) is 1. The van der Waals surface area contributed by atoms with Gasteiger partial charge in [0.1, 0.15) is 5.60 Å². The van der Waals surface area contributed by atoms with Gasteiger partial charge in [0, 0.05) is 57.6 Å². The molecular formula is C20H31N3O4. The van der Waals surface area contributed by atoms with E-state index in [4.69, 9.17) is 4.74 Å². The highest BCUT2D eigenvalue weighted by Gasteiger charge is 2.51. The summed E-state index contributed by atoms with van der Waals surface area (Å²) in [6, 6.07) is 0.551. The molecule has 3 rings (SSSR count). The molecule has 0 aromatic heterocycles. The molecule has 0 saturated carbocycles. The first-order chi connectivity index (χ1) is 12.8. The van der Waals surface area contributed by atoms with Crippen molar-refractivity contribution in [3.05, 3.63) is 11.1 Å². The third-order valence-electron chi connectivity index (χ3n) is 6.29. The first-order valence-electron chi connectivity index (χ1n) is 10.1. The van der Waals surface area contributed by atoms with E-state index in [1.807, 2.05) is 0 Å². The maximum atomic E-state index is 12.9. The molecule has 27 heavy (non-hydrogen) atoms. The lowest BCUT2D eigenvalue weighted by Crippen LogP contribution is -2.50. The van der Waals surface area contributed by atoms with Crippen molar-refractivity contribution >= 4 is 17.8 Å². The van der Waals surface area contributed by atoms with Crippen molar-refractivity contribution in [1.82, 2.24) is 15.1 Å². The van der Waals surface area contributed by atoms with E-state index in [0.717, 1.165) is 13.1 Å². The van der Waals surface area contributed by atoms with E-state index in [0.29, 0.717) is 49.7 Å². The lowest BCUT2D eigenvalue weighted by molar-refractivity contribution is -0.152. The van der Waals surface area contributed by atoms with Gasteiger partial charge in [0.15, 0.2) is 0 Å². The Morgan fingerprint density at radius 1 is 1.22 bits per heavy atom. The fourth-order valence-electron chi connectivity index (χ4n) is 4.55. The van der Waals surface area contributed by atoms with Gasteiger partial charge in [0.05, 0.1) is 5.57 Å². The number of hydrogen-bond acceptors (Lipinski definition) is 5. The highest BCUT2D eigenvalue weighted by atomic mass is 16.6. The largest absolute Gasteiger partial charge is 0.450 e. The molecule has 0 aromatic carbocycles. The fourth-order valence-corrected chi connectivity index (χ4v) is 4.55. The zero-order valence-corrected chi connectivity index (χ0v) is 16.7. The Kier molecular flexibility index (Phi) is 5.89. The summed E-state index contributed by atoms with van der Waals surface area (Å²) in [5, 5.41) is 3.00. The molecule has 1 atom stereocenters. The predicted octanol–water partition coefficient (Wildman–Crippen LogP) is 1.23. The summed E-state index contributed by atoms with van der Waals surface area (Å²) in [6.07, 6.45) is 4.63. The van der Waals surface area contributed by atoms with Crippen LogP contribution in [0.3, 0.4) is 0 Å². The number of rotatable bonds is 4. The van der Waals surface area contributed by atoms with Crippen molar-refractivity contribution in [3.63, 3.8) is 0 Å². The van der Waals surface area contributed by atoms with Gasteiger partial charge >= 0.3 is 5.97 Å². The van der Waals surface area contributed by atoms with Gasteiger partial charge in [-0.1, -0.05) is 6.42 Å². The molecule has 150 valence electrons. The van der Waals surface area contributed by atoms with Crippen LogP contribution in [0.15, 0.2) is 11.1 Å². The van der Waals surface area contributed by atoms with Gasteiger partial charge in [0.25, 0.3) is 5.91 Å². The summed E-state index contributed by atoms with van der Waals surface area (Å²) in [6.45, 7) is 8.88. The van der Waals surface area contributed by atoms with E-state index in [9.17, 15) is 14.4 Å². The van der Waals surface area contributed by atoms with Crippen molar-refractivity contribution in [3.8, 4) is 0 Å². The maximum Gasteiger partial charge on any atom is 0.335 e. The van der Waals surface area contributed by atoms with Crippen molar-refractivity contribution in [2.45, 2.75) is 64.5 Å². The van der Waals surface area contributed by atoms with Crippen molar-refractivity contribution in [1.29, 1.82) is 0 Å². The standard InChI is InChI=1S/C20H31N3O4/c1-14-6-4-5-10-22(14)13-9-21-18(25)17-15(2)19(26)27-20(17)7-11-23(12-8-20)16(3)24/h14H,4-13H2,1-3H3,(H,21,25). The normalized spacial score (nSPS) is 25.7. The number of esters is 1. The summed E-state index contributed by atoms with van der Waals surface area (Å²) in [5.74, 6) is -0.614. The predicted molar refractivity (Wildman–Crippen MR) is 101 cm³/mol. The summed E-state index contributed by atoms with van der Waals surface area (Å²) >= 11 is 0. The van der Waals surface area contributed by atoms with Crippen molar-refractivity contribution in [2.24, 2.45) is 0 Å². The molecule has 0 bridgehead atoms. The Morgan fingerprint density at radius 3 is 2.56 bits per heavy atom. The lowest BCUT2D eigenvalue weighted by atomic mass is 9.82. The number of carbonyl (C=O) groups is 3. The molecule has 1 spiro atoms. The quantitative estimate of drug-likeness (QED) is 0.746. The topological polar surface area (TPSA) is 78.9 Å². The first kappa shape index (κ1) is 19.9. The van der Waals surface area contributed by atoms with E-state index in [1.54, 1.807) is 11.8 Å². The minimum atomic E-state index is -0.879. The monoisotopic (exact) mass is 377 g/mol. The van der Waals surface area contributed by atoms with Crippen LogP contribution in [0, 0.1) is 0 Å². The van der Waals surface area contributed by atoms with E-state index < -0.39 is 11.6 Å². The van der Waals surface area contributed by atoms with E-state index in [2.05, 4.69) is 17.1 Å². The van der Waals surface area contributed by atoms with Gasteiger partial charge in [-0.15, -0.1) is 0 Å². The van der Waals surface area contributed by atoms with Gasteiger partial charge in [-0.25, -0.2) is 4.79 Å². The van der Waals surface area contributed by atoms with Crippen LogP contribution >= 0.6 is 0 Å². The van der Waals surface area contributed by atoms with Gasteiger partial charge in [0.2, 0.25) is 5.91 Å². The van der Waals surface area contributed by atoms with Crippen LogP contribution in [-0.4, -0.2) is 72.0 Å². The number of ether oxygens (including phenoxy) is 1. The smallest absolute Gasteiger partial charge is 0.335 e. The average Bonchev–Trinajstić information content (AvgIpc) is 2.87. The summed E-state index contributed by atoms with van der Waals surface area (Å²) in [5.41, 5.74) is -0.0205. The molecule has 7 heteroatoms. The van der Waals surface area contributed by atoms with Gasteiger partial charge in [-0.3, -0.25) is 14.5 Å². The van der Waals surface area contributed by atoms with E-state index in [1.165, 1.54) is 26.2 Å². The second kappa shape index (κ2) is 8.00. The molecule has 0 aromatic rings. The third-order valence-corrected chi connectivity index (χ3v) is 6.29. The average molecular weight is 377 g/mol. The molecule has 3 aliphatic heterocycles. The van der Waals surface area contributed by atoms with Gasteiger partial charge in [-0.05, 0) is 33.2 Å². The van der Waals surface area contributed by atoms with Crippen molar-refractivity contribution in [2.75, 3.05) is 32.7 Å². The highest BCUT2D eigenvalue weighted by molar-refractivity contribution is 6.07. The summed E-state index contributed by atoms with van der Waals surface area (Å²) in [7, 11) is 0. The Labute approximate surface area is 161 Å². The number of likely N-dealkylation sites (tertiary alicyclic amines) is 2. The van der Waals surface area contributed by atoms with Crippen molar-refractivity contribution < 1.29 is 19.1 Å². The molecular weight excluding hydrogens is 346 g/mol. The first-order valence-corrected chi connectivity index (χ1v) is 10.1. The number of nitrogens with zero attached hydrogens (tertiary/aromatic N) is 2. The number of amides is 2. The van der Waals surface area contributed by atoms with Gasteiger partial charge < -0.3 is 15.0 Å². The van der Waals surface area contributed by atoms with E-state index in [-0.39, 0.29) is 11.8 Å². The minimum Gasteiger partial charge on any atom is -0.450 e.